The lowest BCUT2D eigenvalue weighted by molar-refractivity contribution is -0.114. The Morgan fingerprint density at radius 3 is 2.64 bits per heavy atom. The van der Waals surface area contributed by atoms with Crippen LogP contribution in [0.2, 0.25) is 0 Å². The molecule has 0 aliphatic heterocycles. The summed E-state index contributed by atoms with van der Waals surface area (Å²) in [6.07, 6.45) is 4.96. The molecule has 1 amide bonds. The number of benzene rings is 1. The van der Waals surface area contributed by atoms with E-state index in [-0.39, 0.29) is 23.2 Å². The number of carbonyl (C=O) groups excluding carboxylic acids is 1. The number of rotatable bonds is 2. The van der Waals surface area contributed by atoms with Gasteiger partial charge in [0.25, 0.3) is 5.56 Å². The van der Waals surface area contributed by atoms with Crippen molar-refractivity contribution in [2.45, 2.75) is 45.1 Å². The first-order chi connectivity index (χ1) is 10.6. The van der Waals surface area contributed by atoms with Gasteiger partial charge in [0.15, 0.2) is 0 Å². The van der Waals surface area contributed by atoms with E-state index in [2.05, 4.69) is 10.3 Å². The van der Waals surface area contributed by atoms with Gasteiger partial charge in [0, 0.05) is 18.7 Å². The predicted octanol–water partition coefficient (Wildman–Crippen LogP) is 2.15. The normalized spacial score (nSPS) is 15.9. The van der Waals surface area contributed by atoms with Crippen LogP contribution < -0.4 is 16.6 Å². The molecule has 0 saturated heterocycles. The summed E-state index contributed by atoms with van der Waals surface area (Å²) < 4.78 is 1.35. The zero-order chi connectivity index (χ0) is 15.7. The van der Waals surface area contributed by atoms with Crippen LogP contribution in [0.3, 0.4) is 0 Å². The fraction of sp³-hybridized carbons (Fsp3) is 0.438. The number of anilines is 1. The molecular weight excluding hydrogens is 282 g/mol. The van der Waals surface area contributed by atoms with Crippen LogP contribution in [-0.2, 0) is 4.79 Å². The third kappa shape index (κ3) is 2.68. The Hall–Kier alpha value is -2.37. The first-order valence-electron chi connectivity index (χ1n) is 7.62. The summed E-state index contributed by atoms with van der Waals surface area (Å²) in [4.78, 5) is 38.9. The Morgan fingerprint density at radius 1 is 1.23 bits per heavy atom. The lowest BCUT2D eigenvalue weighted by Crippen LogP contribution is -2.38. The van der Waals surface area contributed by atoms with E-state index in [9.17, 15) is 14.4 Å². The van der Waals surface area contributed by atoms with Crippen LogP contribution in [0, 0.1) is 0 Å². The maximum absolute atomic E-state index is 12.7. The fourth-order valence-corrected chi connectivity index (χ4v) is 3.18. The van der Waals surface area contributed by atoms with Crippen LogP contribution in [0.25, 0.3) is 10.9 Å². The summed E-state index contributed by atoms with van der Waals surface area (Å²) >= 11 is 0. The molecule has 0 radical (unpaired) electrons. The Kier molecular flexibility index (Phi) is 3.83. The van der Waals surface area contributed by atoms with E-state index < -0.39 is 0 Å². The minimum absolute atomic E-state index is 0.0289. The molecule has 1 aliphatic rings. The van der Waals surface area contributed by atoms with E-state index >= 15 is 0 Å². The smallest absolute Gasteiger partial charge is 0.326 e. The standard InChI is InChI=1S/C16H19N3O3/c1-10(20)17-11-7-8-14-13(9-11)15(21)19(16(22)18-14)12-5-3-2-4-6-12/h7-9,12H,2-6H2,1H3,(H,17,20)(H,18,22). The van der Waals surface area contributed by atoms with Crippen molar-refractivity contribution >= 4 is 22.5 Å². The van der Waals surface area contributed by atoms with Crippen molar-refractivity contribution in [3.63, 3.8) is 0 Å². The van der Waals surface area contributed by atoms with Gasteiger partial charge in [-0.3, -0.25) is 14.2 Å². The van der Waals surface area contributed by atoms with Gasteiger partial charge in [0.1, 0.15) is 0 Å². The number of amides is 1. The molecule has 0 bridgehead atoms. The van der Waals surface area contributed by atoms with E-state index in [0.29, 0.717) is 16.6 Å². The fourth-order valence-electron chi connectivity index (χ4n) is 3.18. The Balaban J connectivity index is 2.14. The zero-order valence-electron chi connectivity index (χ0n) is 12.5. The van der Waals surface area contributed by atoms with Crippen LogP contribution in [0.1, 0.15) is 45.1 Å². The van der Waals surface area contributed by atoms with Gasteiger partial charge < -0.3 is 10.3 Å². The van der Waals surface area contributed by atoms with Crippen molar-refractivity contribution in [2.24, 2.45) is 0 Å². The van der Waals surface area contributed by atoms with Gasteiger partial charge in [-0.25, -0.2) is 4.79 Å². The summed E-state index contributed by atoms with van der Waals surface area (Å²) in [5.41, 5.74) is 0.421. The number of aromatic amines is 1. The minimum atomic E-state index is -0.350. The molecule has 6 heteroatoms. The summed E-state index contributed by atoms with van der Waals surface area (Å²) in [7, 11) is 0. The lowest BCUT2D eigenvalue weighted by Gasteiger charge is -2.23. The first-order valence-corrected chi connectivity index (χ1v) is 7.62. The van der Waals surface area contributed by atoms with Crippen molar-refractivity contribution in [3.8, 4) is 0 Å². The second-order valence-corrected chi connectivity index (χ2v) is 5.84. The Bertz CT molecular complexity index is 829. The minimum Gasteiger partial charge on any atom is -0.326 e. The molecule has 1 saturated carbocycles. The van der Waals surface area contributed by atoms with Crippen molar-refractivity contribution in [2.75, 3.05) is 5.32 Å². The highest BCUT2D eigenvalue weighted by atomic mass is 16.2. The highest BCUT2D eigenvalue weighted by Gasteiger charge is 2.20. The molecule has 2 aromatic rings. The van der Waals surface area contributed by atoms with Gasteiger partial charge in [-0.15, -0.1) is 0 Å². The third-order valence-corrected chi connectivity index (χ3v) is 4.19. The number of hydrogen-bond donors (Lipinski definition) is 2. The Morgan fingerprint density at radius 2 is 1.95 bits per heavy atom. The van der Waals surface area contributed by atoms with Gasteiger partial charge in [0.05, 0.1) is 10.9 Å². The number of nitrogens with zero attached hydrogens (tertiary/aromatic N) is 1. The molecule has 6 nitrogen and oxygen atoms in total. The molecule has 2 N–H and O–H groups in total. The summed E-state index contributed by atoms with van der Waals surface area (Å²) in [5, 5.41) is 3.09. The number of aromatic nitrogens is 2. The molecule has 1 aliphatic carbocycles. The first kappa shape index (κ1) is 14.6. The molecule has 0 spiro atoms. The SMILES string of the molecule is CC(=O)Nc1ccc2[nH]c(=O)n(C3CCCCC3)c(=O)c2c1. The van der Waals surface area contributed by atoms with Crippen LogP contribution >= 0.6 is 0 Å². The monoisotopic (exact) mass is 301 g/mol. The second kappa shape index (κ2) is 5.79. The van der Waals surface area contributed by atoms with E-state index in [1.807, 2.05) is 0 Å². The molecular formula is C16H19N3O3. The largest absolute Gasteiger partial charge is 0.329 e. The number of H-pyrrole nitrogens is 1. The topological polar surface area (TPSA) is 84.0 Å². The van der Waals surface area contributed by atoms with Crippen molar-refractivity contribution < 1.29 is 4.79 Å². The highest BCUT2D eigenvalue weighted by molar-refractivity contribution is 5.91. The van der Waals surface area contributed by atoms with Crippen LogP contribution in [0.4, 0.5) is 5.69 Å². The molecule has 0 unspecified atom stereocenters. The van der Waals surface area contributed by atoms with Gasteiger partial charge >= 0.3 is 5.69 Å². The number of carbonyl (C=O) groups is 1. The van der Waals surface area contributed by atoms with Crippen LogP contribution in [0.15, 0.2) is 27.8 Å². The summed E-state index contributed by atoms with van der Waals surface area (Å²) in [6, 6.07) is 4.91. The van der Waals surface area contributed by atoms with E-state index in [4.69, 9.17) is 0 Å². The van der Waals surface area contributed by atoms with E-state index in [1.54, 1.807) is 18.2 Å². The molecule has 116 valence electrons. The van der Waals surface area contributed by atoms with E-state index in [0.717, 1.165) is 32.1 Å². The third-order valence-electron chi connectivity index (χ3n) is 4.19. The quantitative estimate of drug-likeness (QED) is 0.891. The lowest BCUT2D eigenvalue weighted by atomic mass is 9.95. The number of nitrogens with one attached hydrogen (secondary N) is 2. The zero-order valence-corrected chi connectivity index (χ0v) is 12.5. The highest BCUT2D eigenvalue weighted by Crippen LogP contribution is 2.26. The molecule has 1 heterocycles. The molecule has 1 aromatic heterocycles. The van der Waals surface area contributed by atoms with Gasteiger partial charge in [-0.05, 0) is 31.0 Å². The van der Waals surface area contributed by atoms with Crippen molar-refractivity contribution in [1.82, 2.24) is 9.55 Å². The van der Waals surface area contributed by atoms with Gasteiger partial charge in [-0.1, -0.05) is 19.3 Å². The maximum Gasteiger partial charge on any atom is 0.329 e. The Labute approximate surface area is 127 Å². The molecule has 0 atom stereocenters. The summed E-state index contributed by atoms with van der Waals surface area (Å²) in [6.45, 7) is 1.41. The predicted molar refractivity (Wildman–Crippen MR) is 85.3 cm³/mol. The molecule has 3 rings (SSSR count). The average Bonchev–Trinajstić information content (AvgIpc) is 2.48. The molecule has 1 aromatic carbocycles. The average molecular weight is 301 g/mol. The van der Waals surface area contributed by atoms with Crippen LogP contribution in [-0.4, -0.2) is 15.5 Å². The maximum atomic E-state index is 12.7. The van der Waals surface area contributed by atoms with Gasteiger partial charge in [-0.2, -0.15) is 0 Å². The number of hydrogen-bond acceptors (Lipinski definition) is 3. The number of fused-ring (bicyclic) bond motifs is 1. The van der Waals surface area contributed by atoms with Crippen molar-refractivity contribution in [3.05, 3.63) is 39.0 Å². The van der Waals surface area contributed by atoms with E-state index in [1.165, 1.54) is 11.5 Å². The second-order valence-electron chi connectivity index (χ2n) is 5.84. The van der Waals surface area contributed by atoms with Crippen LogP contribution in [0.5, 0.6) is 0 Å². The summed E-state index contributed by atoms with van der Waals surface area (Å²) in [5.74, 6) is -0.198. The molecule has 22 heavy (non-hydrogen) atoms. The van der Waals surface area contributed by atoms with Gasteiger partial charge in [0.2, 0.25) is 5.91 Å². The van der Waals surface area contributed by atoms with Crippen molar-refractivity contribution in [1.29, 1.82) is 0 Å². The molecule has 1 fully saturated rings.